The maximum absolute atomic E-state index is 12.3. The molecule has 0 aliphatic rings. The molecular weight excluding hydrogens is 242 g/mol. The maximum Gasteiger partial charge on any atom is 0.0998 e. The quantitative estimate of drug-likeness (QED) is 0.744. The largest absolute Gasteiger partial charge is 0.250 e. The standard InChI is InChI=1S/C9H8BrClF/c1-6(5-12)8-4-7(11)2-3-9(8)10/h2-4H,5H2,1H3. The van der Waals surface area contributed by atoms with Crippen LogP contribution in [-0.4, -0.2) is 6.67 Å². The zero-order chi connectivity index (χ0) is 9.14. The van der Waals surface area contributed by atoms with E-state index in [-0.39, 0.29) is 0 Å². The highest BCUT2D eigenvalue weighted by Gasteiger charge is 2.09. The van der Waals surface area contributed by atoms with Gasteiger partial charge in [-0.05, 0) is 23.8 Å². The highest BCUT2D eigenvalue weighted by Crippen LogP contribution is 2.27. The van der Waals surface area contributed by atoms with Crippen molar-refractivity contribution in [3.63, 3.8) is 0 Å². The van der Waals surface area contributed by atoms with Crippen molar-refractivity contribution in [3.05, 3.63) is 39.2 Å². The molecule has 3 heteroatoms. The second-order valence-electron chi connectivity index (χ2n) is 2.54. The molecule has 1 aromatic rings. The molecule has 0 fully saturated rings. The van der Waals surface area contributed by atoms with Gasteiger partial charge in [0.25, 0.3) is 0 Å². The van der Waals surface area contributed by atoms with E-state index in [0.717, 1.165) is 10.0 Å². The Morgan fingerprint density at radius 2 is 2.25 bits per heavy atom. The van der Waals surface area contributed by atoms with Crippen LogP contribution in [0.5, 0.6) is 0 Å². The molecule has 12 heavy (non-hydrogen) atoms. The van der Waals surface area contributed by atoms with E-state index in [1.165, 1.54) is 0 Å². The molecule has 1 aromatic carbocycles. The lowest BCUT2D eigenvalue weighted by Crippen LogP contribution is -1.97. The summed E-state index contributed by atoms with van der Waals surface area (Å²) in [6.45, 7) is 1.30. The Labute approximate surface area is 84.9 Å². The van der Waals surface area contributed by atoms with Gasteiger partial charge in [0.05, 0.1) is 6.67 Å². The maximum atomic E-state index is 12.3. The first-order valence-corrected chi connectivity index (χ1v) is 4.66. The Bertz CT molecular complexity index is 275. The summed E-state index contributed by atoms with van der Waals surface area (Å²) in [6.07, 6.45) is 0. The van der Waals surface area contributed by atoms with Crippen molar-refractivity contribution < 1.29 is 4.39 Å². The van der Waals surface area contributed by atoms with E-state index in [1.807, 2.05) is 6.07 Å². The van der Waals surface area contributed by atoms with Crippen molar-refractivity contribution in [1.29, 1.82) is 0 Å². The third kappa shape index (κ3) is 2.20. The first kappa shape index (κ1) is 10.0. The summed E-state index contributed by atoms with van der Waals surface area (Å²) < 4.78 is 13.2. The minimum Gasteiger partial charge on any atom is -0.250 e. The predicted octanol–water partition coefficient (Wildman–Crippen LogP) is 4.01. The minimum absolute atomic E-state index is 0.445. The molecule has 0 saturated carbocycles. The molecule has 0 aliphatic heterocycles. The van der Waals surface area contributed by atoms with Gasteiger partial charge >= 0.3 is 0 Å². The molecule has 0 aromatic heterocycles. The number of hydrogen-bond acceptors (Lipinski definition) is 0. The molecule has 0 aliphatic carbocycles. The highest BCUT2D eigenvalue weighted by molar-refractivity contribution is 9.10. The average molecular weight is 251 g/mol. The van der Waals surface area contributed by atoms with Gasteiger partial charge in [0, 0.05) is 15.4 Å². The Morgan fingerprint density at radius 1 is 1.58 bits per heavy atom. The molecule has 0 amide bonds. The predicted molar refractivity (Wildman–Crippen MR) is 53.1 cm³/mol. The average Bonchev–Trinajstić information content (AvgIpc) is 2.08. The van der Waals surface area contributed by atoms with Crippen molar-refractivity contribution in [3.8, 4) is 0 Å². The van der Waals surface area contributed by atoms with Gasteiger partial charge in [-0.25, -0.2) is 0 Å². The van der Waals surface area contributed by atoms with E-state index < -0.39 is 6.67 Å². The van der Waals surface area contributed by atoms with E-state index in [0.29, 0.717) is 10.9 Å². The van der Waals surface area contributed by atoms with Gasteiger partial charge in [0.15, 0.2) is 0 Å². The van der Waals surface area contributed by atoms with Crippen LogP contribution in [0.4, 0.5) is 4.39 Å². The summed E-state index contributed by atoms with van der Waals surface area (Å²) in [5.74, 6) is 0.685. The third-order valence-corrected chi connectivity index (χ3v) is 2.52. The van der Waals surface area contributed by atoms with E-state index in [2.05, 4.69) is 15.9 Å². The van der Waals surface area contributed by atoms with Crippen LogP contribution < -0.4 is 0 Å². The van der Waals surface area contributed by atoms with Crippen LogP contribution in [0.3, 0.4) is 0 Å². The fourth-order valence-electron chi connectivity index (χ4n) is 0.897. The summed E-state index contributed by atoms with van der Waals surface area (Å²) >= 11 is 9.09. The van der Waals surface area contributed by atoms with Crippen molar-refractivity contribution in [1.82, 2.24) is 0 Å². The lowest BCUT2D eigenvalue weighted by Gasteiger charge is -2.08. The molecule has 1 rings (SSSR count). The van der Waals surface area contributed by atoms with Gasteiger partial charge in [0.2, 0.25) is 0 Å². The van der Waals surface area contributed by atoms with Gasteiger partial charge < -0.3 is 0 Å². The Kier molecular flexibility index (Phi) is 3.53. The van der Waals surface area contributed by atoms with Gasteiger partial charge in [-0.3, -0.25) is 4.39 Å². The van der Waals surface area contributed by atoms with Crippen LogP contribution in [0.2, 0.25) is 5.02 Å². The second kappa shape index (κ2) is 4.24. The van der Waals surface area contributed by atoms with Crippen LogP contribution in [0, 0.1) is 5.92 Å². The van der Waals surface area contributed by atoms with Gasteiger partial charge in [-0.2, -0.15) is 0 Å². The highest BCUT2D eigenvalue weighted by atomic mass is 79.9. The van der Waals surface area contributed by atoms with Gasteiger partial charge in [-0.1, -0.05) is 34.5 Å². The molecule has 0 bridgehead atoms. The molecule has 0 heterocycles. The van der Waals surface area contributed by atoms with Crippen molar-refractivity contribution in [2.45, 2.75) is 6.92 Å². The van der Waals surface area contributed by atoms with Crippen LogP contribution in [0.15, 0.2) is 22.7 Å². The molecule has 0 unspecified atom stereocenters. The number of hydrogen-bond donors (Lipinski definition) is 0. The SMILES string of the molecule is C[C](CF)c1cc(Cl)ccc1Br. The van der Waals surface area contributed by atoms with E-state index >= 15 is 0 Å². The molecular formula is C9H8BrClF. The molecule has 0 nitrogen and oxygen atoms in total. The summed E-state index contributed by atoms with van der Waals surface area (Å²) in [5.41, 5.74) is 0.838. The fourth-order valence-corrected chi connectivity index (χ4v) is 1.65. The summed E-state index contributed by atoms with van der Waals surface area (Å²) in [6, 6.07) is 5.33. The van der Waals surface area contributed by atoms with Crippen LogP contribution in [-0.2, 0) is 0 Å². The number of rotatable bonds is 2. The monoisotopic (exact) mass is 249 g/mol. The molecule has 0 saturated heterocycles. The van der Waals surface area contributed by atoms with Crippen molar-refractivity contribution in [2.75, 3.05) is 6.67 Å². The first-order valence-electron chi connectivity index (χ1n) is 3.49. The van der Waals surface area contributed by atoms with Crippen LogP contribution in [0.1, 0.15) is 12.5 Å². The first-order chi connectivity index (χ1) is 5.65. The van der Waals surface area contributed by atoms with Crippen molar-refractivity contribution >= 4 is 27.5 Å². The van der Waals surface area contributed by atoms with E-state index in [4.69, 9.17) is 11.6 Å². The summed E-state index contributed by atoms with van der Waals surface area (Å²) in [5, 5.41) is 0.626. The third-order valence-electron chi connectivity index (χ3n) is 1.59. The normalized spacial score (nSPS) is 10.8. The topological polar surface area (TPSA) is 0 Å². The fraction of sp³-hybridized carbons (Fsp3) is 0.222. The Balaban J connectivity index is 3.04. The lowest BCUT2D eigenvalue weighted by atomic mass is 10.0. The minimum atomic E-state index is -0.445. The zero-order valence-electron chi connectivity index (χ0n) is 6.57. The lowest BCUT2D eigenvalue weighted by molar-refractivity contribution is 0.516. The molecule has 65 valence electrons. The van der Waals surface area contributed by atoms with Gasteiger partial charge in [-0.15, -0.1) is 0 Å². The number of halogens is 3. The second-order valence-corrected chi connectivity index (χ2v) is 3.83. The molecule has 0 spiro atoms. The van der Waals surface area contributed by atoms with E-state index in [9.17, 15) is 4.39 Å². The molecule has 0 atom stereocenters. The zero-order valence-corrected chi connectivity index (χ0v) is 8.91. The van der Waals surface area contributed by atoms with E-state index in [1.54, 1.807) is 19.1 Å². The smallest absolute Gasteiger partial charge is 0.0998 e. The Morgan fingerprint density at radius 3 is 2.83 bits per heavy atom. The number of benzene rings is 1. The Hall–Kier alpha value is -0.0800. The molecule has 0 N–H and O–H groups in total. The number of alkyl halides is 1. The summed E-state index contributed by atoms with van der Waals surface area (Å²) in [7, 11) is 0. The summed E-state index contributed by atoms with van der Waals surface area (Å²) in [4.78, 5) is 0. The van der Waals surface area contributed by atoms with Crippen LogP contribution >= 0.6 is 27.5 Å². The van der Waals surface area contributed by atoms with Crippen molar-refractivity contribution in [2.24, 2.45) is 0 Å². The van der Waals surface area contributed by atoms with Crippen LogP contribution in [0.25, 0.3) is 0 Å². The molecule has 1 radical (unpaired) electrons. The van der Waals surface area contributed by atoms with Gasteiger partial charge in [0.1, 0.15) is 0 Å².